The Balaban J connectivity index is 0.000000123. The Kier molecular flexibility index (Phi) is 27.9. The molecule has 10 aromatic heterocycles. The summed E-state index contributed by atoms with van der Waals surface area (Å²) in [4.78, 5) is 106. The molecule has 0 aliphatic rings. The third kappa shape index (κ3) is 22.3. The van der Waals surface area contributed by atoms with E-state index < -0.39 is 0 Å². The van der Waals surface area contributed by atoms with Crippen molar-refractivity contribution in [3.8, 4) is 68.4 Å². The van der Waals surface area contributed by atoms with Crippen molar-refractivity contribution in [1.29, 1.82) is 0 Å². The molecule has 0 radical (unpaired) electrons. The second-order valence-corrected chi connectivity index (χ2v) is 31.9. The topological polar surface area (TPSA) is 394 Å². The lowest BCUT2D eigenvalue weighted by atomic mass is 10.1. The van der Waals surface area contributed by atoms with E-state index >= 15 is 0 Å². The smallest absolute Gasteiger partial charge is 0.274 e. The number of methoxy groups -OCH3 is 2. The van der Waals surface area contributed by atoms with Crippen LogP contribution in [0.4, 0.5) is 41.6 Å². The lowest BCUT2D eigenvalue weighted by Crippen LogP contribution is -2.17. The van der Waals surface area contributed by atoms with Crippen LogP contribution in [-0.2, 0) is 32.7 Å². The number of hydrogen-bond acceptors (Lipinski definition) is 22. The molecule has 0 atom stereocenters. The lowest BCUT2D eigenvalue weighted by molar-refractivity contribution is 0.395. The van der Waals surface area contributed by atoms with Gasteiger partial charge in [0, 0.05) is 91.3 Å². The molecule has 0 spiro atoms. The first kappa shape index (κ1) is 91.5. The van der Waals surface area contributed by atoms with Gasteiger partial charge in [0.15, 0.2) is 29.1 Å². The number of hydrogen-bond donors (Lipinski definition) is 10. The van der Waals surface area contributed by atoms with Gasteiger partial charge in [0.2, 0.25) is 0 Å². The van der Waals surface area contributed by atoms with Crippen LogP contribution >= 0.6 is 34.8 Å². The van der Waals surface area contributed by atoms with Crippen molar-refractivity contribution in [3.63, 3.8) is 0 Å². The number of aromatic amines is 5. The van der Waals surface area contributed by atoms with Crippen LogP contribution in [0.1, 0.15) is 56.3 Å². The summed E-state index contributed by atoms with van der Waals surface area (Å²) in [5.41, 5.74) is 15.0. The lowest BCUT2D eigenvalue weighted by Gasteiger charge is -2.12. The maximum Gasteiger partial charge on any atom is 0.274 e. The second-order valence-electron chi connectivity index (χ2n) is 30.7. The Hall–Kier alpha value is -16.8. The molecule has 10 N–H and O–H groups in total. The fourth-order valence-corrected chi connectivity index (χ4v) is 14.4. The predicted molar refractivity (Wildman–Crippen MR) is 516 cm³/mol. The Morgan fingerprint density at radius 1 is 0.296 bits per heavy atom. The fraction of sp³-hybridized carbons (Fsp3) is 0.124. The van der Waals surface area contributed by atoms with Crippen molar-refractivity contribution in [3.05, 3.63) is 395 Å². The van der Waals surface area contributed by atoms with E-state index in [1.165, 1.54) is 89.3 Å². The van der Waals surface area contributed by atoms with Gasteiger partial charge in [0.1, 0.15) is 29.0 Å². The number of nitrogens with one attached hydrogen (secondary N) is 10. The summed E-state index contributed by atoms with van der Waals surface area (Å²) in [6, 6.07) is 72.7. The van der Waals surface area contributed by atoms with Crippen LogP contribution in [0, 0.1) is 52.1 Å². The van der Waals surface area contributed by atoms with Crippen molar-refractivity contribution in [2.75, 3.05) is 40.8 Å². The number of rotatable bonds is 22. The number of fused-ring (bicyclic) bond motifs is 5. The van der Waals surface area contributed by atoms with Gasteiger partial charge in [-0.25, -0.2) is 38.1 Å². The standard InChI is InChI=1S/C21H21N5O3.C20H18ClN5O.C19H15ClFN5O.C19H16FN5O.C18H13ClFN5O/c1-13-5-4-6-14(9-13)20-24-21-23-15(10-19(27)26(21)25-20)12-22-17-8-7-16(28-2)11-18(17)29-3;1-12-6-8-14(9-7-12)19-24-20-23-15(10-18(27)26(20)25-19)11-22-17-5-3-4-16(21)13(17)2;1-11-2-7-14(8-16(11)20)22-10-15-9-17(27)26-19(23-15)24-18(25-26)12-3-5-13(21)6-4-12;1-12-4-2-3-5-16(12)21-11-15-10-17(26)25-19(22-15)23-18(24-25)13-6-8-14(20)9-7-13;19-14-3-1-2-4-15(14)21-10-13-9-16(26)25-18(22-13)23-17(24-25)11-5-7-12(20)8-6-11/h4-11,22H,12H2,1-3H3,(H,23,24,25);3-10,22H,11H2,1-2H3,(H,23,24,25);2-9,22H,10H2,1H3,(H,23,24,25);2-10,21H,11H2,1H3,(H,22,23,24);1-9,21H,10H2,(H,22,23,24). The highest BCUT2D eigenvalue weighted by Gasteiger charge is 2.19. The highest BCUT2D eigenvalue weighted by atomic mass is 35.5. The van der Waals surface area contributed by atoms with Crippen LogP contribution in [-0.4, -0.2) is 112 Å². The van der Waals surface area contributed by atoms with Gasteiger partial charge in [-0.15, -0.1) is 0 Å². The second kappa shape index (κ2) is 41.1. The first-order valence-electron chi connectivity index (χ1n) is 41.9. The fourth-order valence-electron chi connectivity index (χ4n) is 13.8. The van der Waals surface area contributed by atoms with Gasteiger partial charge in [0.25, 0.3) is 56.7 Å². The van der Waals surface area contributed by atoms with Crippen LogP contribution in [0.15, 0.2) is 279 Å². The number of aryl methyl sites for hydroxylation is 4. The maximum absolute atomic E-state index is 13.1. The van der Waals surface area contributed by atoms with Gasteiger partial charge in [-0.1, -0.05) is 131 Å². The molecule has 20 aromatic rings. The summed E-state index contributed by atoms with van der Waals surface area (Å²) in [6.07, 6.45) is 0. The zero-order chi connectivity index (χ0) is 94.5. The van der Waals surface area contributed by atoms with E-state index in [9.17, 15) is 37.1 Å². The van der Waals surface area contributed by atoms with Crippen molar-refractivity contribution in [2.24, 2.45) is 0 Å². The molecule has 0 amide bonds. The predicted octanol–water partition coefficient (Wildman–Crippen LogP) is 17.4. The SMILES string of the molecule is COc1ccc(NCc2cc(=O)n3[nH]c(-c4cccc(C)c4)nc3n2)c(OC)c1.Cc1ccc(-c2nc3nc(CNc4cccc(Cl)c4C)cc(=O)n3[nH]2)cc1.Cc1ccc(NCc2cc(=O)n3[nH]c(-c4ccc(F)cc4)nc3n2)cc1Cl.Cc1ccccc1NCc1cc(=O)n2[nH]c(-c3ccc(F)cc3)nc2n1.O=c1cc(CNc2ccccc2Cl)nc2nc(-c3ccc(F)cc3)[nH]n12. The Morgan fingerprint density at radius 2 is 0.659 bits per heavy atom. The molecular formula is C97H83Cl3F3N25O7. The summed E-state index contributed by atoms with van der Waals surface area (Å²) in [6.45, 7) is 11.8. The van der Waals surface area contributed by atoms with Crippen LogP contribution in [0.5, 0.6) is 11.5 Å². The molecule has 0 aliphatic heterocycles. The van der Waals surface area contributed by atoms with Gasteiger partial charge in [0.05, 0.1) is 91.8 Å². The molecule has 10 heterocycles. The van der Waals surface area contributed by atoms with E-state index in [0.29, 0.717) is 145 Å². The van der Waals surface area contributed by atoms with Gasteiger partial charge < -0.3 is 36.1 Å². The normalized spacial score (nSPS) is 11.0. The molecule has 0 aliphatic carbocycles. The molecule has 0 unspecified atom stereocenters. The quantitative estimate of drug-likeness (QED) is 0.0301. The van der Waals surface area contributed by atoms with Crippen molar-refractivity contribution < 1.29 is 22.6 Å². The zero-order valence-corrected chi connectivity index (χ0v) is 75.4. The minimum atomic E-state index is -0.340. The molecule has 0 fully saturated rings. The highest BCUT2D eigenvalue weighted by molar-refractivity contribution is 6.33. The number of H-pyrrole nitrogens is 5. The molecular weight excluding hydrogens is 1790 g/mol. The Bertz CT molecular complexity index is 7850. The number of benzene rings is 10. The number of ether oxygens (including phenoxy) is 2. The molecule has 0 saturated heterocycles. The first-order chi connectivity index (χ1) is 65.3. The van der Waals surface area contributed by atoms with Crippen molar-refractivity contribution >= 4 is 92.1 Å². The monoisotopic (exact) mass is 1870 g/mol. The maximum atomic E-state index is 13.1. The van der Waals surface area contributed by atoms with Crippen LogP contribution < -0.4 is 63.9 Å². The van der Waals surface area contributed by atoms with Gasteiger partial charge in [-0.05, 0) is 185 Å². The average Bonchev–Trinajstić information content (AvgIpc) is 1.65. The molecule has 0 saturated carbocycles. The Morgan fingerprint density at radius 3 is 1.07 bits per heavy atom. The molecule has 38 heteroatoms. The van der Waals surface area contributed by atoms with Crippen molar-refractivity contribution in [2.45, 2.75) is 67.3 Å². The molecule has 10 aromatic carbocycles. The van der Waals surface area contributed by atoms with Crippen LogP contribution in [0.2, 0.25) is 15.1 Å². The highest BCUT2D eigenvalue weighted by Crippen LogP contribution is 2.31. The van der Waals surface area contributed by atoms with Crippen molar-refractivity contribution in [1.82, 2.24) is 97.9 Å². The molecule has 0 bridgehead atoms. The minimum absolute atomic E-state index is 0.203. The number of halogens is 6. The summed E-state index contributed by atoms with van der Waals surface area (Å²) >= 11 is 18.4. The summed E-state index contributed by atoms with van der Waals surface area (Å²) in [5.74, 6) is 4.31. The summed E-state index contributed by atoms with van der Waals surface area (Å²) < 4.78 is 56.3. The zero-order valence-electron chi connectivity index (χ0n) is 73.1. The first-order valence-corrected chi connectivity index (χ1v) is 43.0. The van der Waals surface area contributed by atoms with E-state index in [1.807, 2.05) is 174 Å². The minimum Gasteiger partial charge on any atom is -0.497 e. The molecule has 20 rings (SSSR count). The van der Waals surface area contributed by atoms with Crippen LogP contribution in [0.3, 0.4) is 0 Å². The summed E-state index contributed by atoms with van der Waals surface area (Å²) in [7, 11) is 3.19. The summed E-state index contributed by atoms with van der Waals surface area (Å²) in [5, 5.41) is 32.8. The van der Waals surface area contributed by atoms with E-state index in [0.717, 1.165) is 67.4 Å². The van der Waals surface area contributed by atoms with E-state index in [-0.39, 0.29) is 62.6 Å². The number of aromatic nitrogens is 20. The molecule has 32 nitrogen and oxygen atoms in total. The van der Waals surface area contributed by atoms with Crippen LogP contribution in [0.25, 0.3) is 85.8 Å². The van der Waals surface area contributed by atoms with E-state index in [2.05, 4.69) is 102 Å². The van der Waals surface area contributed by atoms with Gasteiger partial charge in [-0.3, -0.25) is 49.5 Å². The molecule has 680 valence electrons. The third-order valence-electron chi connectivity index (χ3n) is 21.1. The van der Waals surface area contributed by atoms with E-state index in [4.69, 9.17) is 44.3 Å². The molecule has 135 heavy (non-hydrogen) atoms. The largest absolute Gasteiger partial charge is 0.497 e. The number of nitrogens with zero attached hydrogens (tertiary/aromatic N) is 15. The van der Waals surface area contributed by atoms with E-state index in [1.54, 1.807) is 62.8 Å². The van der Waals surface area contributed by atoms with Gasteiger partial charge in [-0.2, -0.15) is 47.5 Å². The number of para-hydroxylation sites is 2. The van der Waals surface area contributed by atoms with Gasteiger partial charge >= 0.3 is 0 Å². The Labute approximate surface area is 780 Å². The third-order valence-corrected chi connectivity index (χ3v) is 22.2. The average molecular weight is 1870 g/mol. The number of anilines is 5.